The normalized spacial score (nSPS) is 13.0. The summed E-state index contributed by atoms with van der Waals surface area (Å²) >= 11 is 0. The summed E-state index contributed by atoms with van der Waals surface area (Å²) in [6.07, 6.45) is 1.89. The summed E-state index contributed by atoms with van der Waals surface area (Å²) in [5.41, 5.74) is 2.61. The highest BCUT2D eigenvalue weighted by Gasteiger charge is 2.22. The molecule has 1 aromatic carbocycles. The van der Waals surface area contributed by atoms with Gasteiger partial charge in [0.15, 0.2) is 0 Å². The van der Waals surface area contributed by atoms with Crippen LogP contribution in [0.1, 0.15) is 48.1 Å². The molecule has 10 nitrogen and oxygen atoms in total. The maximum atomic E-state index is 12.7. The number of carbonyl (C=O) groups is 3. The Balaban J connectivity index is 1.72. The van der Waals surface area contributed by atoms with Crippen molar-refractivity contribution in [2.75, 3.05) is 18.6 Å². The van der Waals surface area contributed by atoms with E-state index in [-0.39, 0.29) is 44.4 Å². The molecule has 0 aliphatic rings. The van der Waals surface area contributed by atoms with E-state index in [1.165, 1.54) is 6.26 Å². The molecule has 3 rings (SSSR count). The molecule has 0 aliphatic heterocycles. The highest BCUT2D eigenvalue weighted by Crippen LogP contribution is 2.31. The number of hydrogen-bond acceptors (Lipinski definition) is 7. The smallest absolute Gasteiger partial charge is 0.339 e. The summed E-state index contributed by atoms with van der Waals surface area (Å²) in [6, 6.07) is 2.71. The van der Waals surface area contributed by atoms with Crippen LogP contribution >= 0.6 is 0 Å². The lowest BCUT2D eigenvalue weighted by atomic mass is 10.00. The number of carboxylic acid groups (broad SMARTS) is 1. The third-order valence-electron chi connectivity index (χ3n) is 6.40. The molecular weight excluding hydrogens is 500 g/mol. The predicted molar refractivity (Wildman–Crippen MR) is 140 cm³/mol. The molecule has 0 unspecified atom stereocenters. The first-order chi connectivity index (χ1) is 17.5. The van der Waals surface area contributed by atoms with Gasteiger partial charge >= 0.3 is 11.6 Å². The summed E-state index contributed by atoms with van der Waals surface area (Å²) in [5.74, 6) is -0.881. The average molecular weight is 533 g/mol. The van der Waals surface area contributed by atoms with E-state index >= 15 is 0 Å². The Morgan fingerprint density at radius 3 is 2.38 bits per heavy atom. The first kappa shape index (κ1) is 28.1. The van der Waals surface area contributed by atoms with E-state index in [0.717, 1.165) is 22.1 Å². The van der Waals surface area contributed by atoms with Crippen LogP contribution in [-0.2, 0) is 31.6 Å². The zero-order chi connectivity index (χ0) is 27.3. The van der Waals surface area contributed by atoms with E-state index in [2.05, 4.69) is 10.6 Å². The Hall–Kier alpha value is -3.47. The van der Waals surface area contributed by atoms with E-state index < -0.39 is 40.3 Å². The van der Waals surface area contributed by atoms with Crippen molar-refractivity contribution in [2.24, 2.45) is 0 Å². The highest BCUT2D eigenvalue weighted by molar-refractivity contribution is 7.84. The molecule has 11 heteroatoms. The van der Waals surface area contributed by atoms with Crippen LogP contribution < -0.4 is 16.3 Å². The number of fused-ring (bicyclic) bond motifs is 2. The maximum absolute atomic E-state index is 12.7. The minimum atomic E-state index is -1.16. The van der Waals surface area contributed by atoms with E-state index in [4.69, 9.17) is 13.9 Å². The SMILES string of the molecule is Cc1oc2cc3oc(=O)c(CCC(=O)N[C@@H](CC[S@](C)=O)C(=O)NCCCC(=O)O)c(C)c3cc2c1C. The molecule has 3 N–H and O–H groups in total. The molecule has 2 aromatic heterocycles. The van der Waals surface area contributed by atoms with Gasteiger partial charge in [0.2, 0.25) is 11.8 Å². The number of carbonyl (C=O) groups excluding carboxylic acids is 2. The van der Waals surface area contributed by atoms with Crippen molar-refractivity contribution in [3.05, 3.63) is 45.0 Å². The largest absolute Gasteiger partial charge is 0.481 e. The van der Waals surface area contributed by atoms with Gasteiger partial charge in [0.05, 0.1) is 0 Å². The molecule has 3 aromatic rings. The van der Waals surface area contributed by atoms with Gasteiger partial charge in [-0.25, -0.2) is 4.79 Å². The van der Waals surface area contributed by atoms with Gasteiger partial charge in [-0.1, -0.05) is 0 Å². The van der Waals surface area contributed by atoms with Gasteiger partial charge in [0, 0.05) is 64.6 Å². The van der Waals surface area contributed by atoms with Crippen LogP contribution in [0.4, 0.5) is 0 Å². The van der Waals surface area contributed by atoms with Crippen LogP contribution in [0.5, 0.6) is 0 Å². The molecule has 37 heavy (non-hydrogen) atoms. The Morgan fingerprint density at radius 2 is 1.70 bits per heavy atom. The van der Waals surface area contributed by atoms with Crippen molar-refractivity contribution in [1.82, 2.24) is 10.6 Å². The molecule has 0 aliphatic carbocycles. The van der Waals surface area contributed by atoms with Crippen molar-refractivity contribution in [1.29, 1.82) is 0 Å². The molecule has 0 saturated heterocycles. The van der Waals surface area contributed by atoms with Gasteiger partial charge in [-0.3, -0.25) is 18.6 Å². The topological polar surface area (TPSA) is 156 Å². The third kappa shape index (κ3) is 7.06. The predicted octanol–water partition coefficient (Wildman–Crippen LogP) is 2.63. The van der Waals surface area contributed by atoms with Gasteiger partial charge in [0.25, 0.3) is 0 Å². The third-order valence-corrected chi connectivity index (χ3v) is 7.21. The average Bonchev–Trinajstić information content (AvgIpc) is 3.10. The fraction of sp³-hybridized carbons (Fsp3) is 0.462. The van der Waals surface area contributed by atoms with E-state index in [1.807, 2.05) is 26.8 Å². The number of hydrogen-bond donors (Lipinski definition) is 3. The van der Waals surface area contributed by atoms with Crippen LogP contribution in [-0.4, -0.2) is 51.7 Å². The molecular formula is C26H32N2O8S. The second-order valence-corrected chi connectivity index (χ2v) is 10.6. The summed E-state index contributed by atoms with van der Waals surface area (Å²) in [6.45, 7) is 5.78. The fourth-order valence-electron chi connectivity index (χ4n) is 4.15. The van der Waals surface area contributed by atoms with Crippen LogP contribution in [0.25, 0.3) is 21.9 Å². The van der Waals surface area contributed by atoms with Crippen LogP contribution in [0, 0.1) is 20.8 Å². The van der Waals surface area contributed by atoms with Crippen molar-refractivity contribution in [3.8, 4) is 0 Å². The van der Waals surface area contributed by atoms with Crippen molar-refractivity contribution < 1.29 is 32.5 Å². The lowest BCUT2D eigenvalue weighted by Crippen LogP contribution is -2.47. The molecule has 0 radical (unpaired) electrons. The number of benzene rings is 1. The minimum absolute atomic E-state index is 0.0544. The molecule has 0 spiro atoms. The quantitative estimate of drug-likeness (QED) is 0.237. The first-order valence-corrected chi connectivity index (χ1v) is 13.8. The second-order valence-electron chi connectivity index (χ2n) is 9.10. The fourth-order valence-corrected chi connectivity index (χ4v) is 4.71. The van der Waals surface area contributed by atoms with Gasteiger partial charge in [-0.2, -0.15) is 0 Å². The maximum Gasteiger partial charge on any atom is 0.339 e. The monoisotopic (exact) mass is 532 g/mol. The van der Waals surface area contributed by atoms with E-state index in [1.54, 1.807) is 6.07 Å². The molecule has 0 saturated carbocycles. The van der Waals surface area contributed by atoms with Crippen LogP contribution in [0.15, 0.2) is 25.8 Å². The van der Waals surface area contributed by atoms with Gasteiger partial charge in [-0.05, 0) is 57.2 Å². The molecule has 0 fully saturated rings. The Kier molecular flexibility index (Phi) is 9.25. The number of furan rings is 1. The molecule has 2 amide bonds. The minimum Gasteiger partial charge on any atom is -0.481 e. The number of nitrogens with one attached hydrogen (secondary N) is 2. The number of aliphatic carboxylic acids is 1. The van der Waals surface area contributed by atoms with E-state index in [0.29, 0.717) is 22.3 Å². The summed E-state index contributed by atoms with van der Waals surface area (Å²) in [4.78, 5) is 48.6. The second kappa shape index (κ2) is 12.2. The van der Waals surface area contributed by atoms with Gasteiger partial charge < -0.3 is 24.6 Å². The molecule has 200 valence electrons. The lowest BCUT2D eigenvalue weighted by molar-refractivity contribution is -0.137. The lowest BCUT2D eigenvalue weighted by Gasteiger charge is -2.18. The van der Waals surface area contributed by atoms with Crippen LogP contribution in [0.3, 0.4) is 0 Å². The zero-order valence-electron chi connectivity index (χ0n) is 21.4. The van der Waals surface area contributed by atoms with Gasteiger partial charge in [0.1, 0.15) is 23.0 Å². The number of carboxylic acids is 1. The molecule has 2 heterocycles. The molecule has 2 atom stereocenters. The van der Waals surface area contributed by atoms with Gasteiger partial charge in [-0.15, -0.1) is 0 Å². The first-order valence-electron chi connectivity index (χ1n) is 12.0. The zero-order valence-corrected chi connectivity index (χ0v) is 22.2. The van der Waals surface area contributed by atoms with Crippen molar-refractivity contribution in [3.63, 3.8) is 0 Å². The molecule has 0 bridgehead atoms. The number of amides is 2. The Morgan fingerprint density at radius 1 is 1.03 bits per heavy atom. The number of rotatable bonds is 12. The van der Waals surface area contributed by atoms with Crippen LogP contribution in [0.2, 0.25) is 0 Å². The summed E-state index contributed by atoms with van der Waals surface area (Å²) < 4.78 is 22.8. The standard InChI is InChI=1S/C26H32N2O8S/c1-14-16(3)35-21-13-22-19(12-18(14)21)15(2)17(26(33)36-22)7-8-23(29)28-20(9-11-37(4)34)25(32)27-10-5-6-24(30)31/h12-13,20H,5-11H2,1-4H3,(H,27,32)(H,28,29)(H,30,31)/t20-,37-/m0/s1. The Labute approximate surface area is 216 Å². The van der Waals surface area contributed by atoms with Crippen molar-refractivity contribution >= 4 is 50.5 Å². The van der Waals surface area contributed by atoms with E-state index in [9.17, 15) is 23.4 Å². The summed E-state index contributed by atoms with van der Waals surface area (Å²) in [7, 11) is -1.16. The number of aryl methyl sites for hydroxylation is 3. The highest BCUT2D eigenvalue weighted by atomic mass is 32.2. The van der Waals surface area contributed by atoms with Crippen molar-refractivity contribution in [2.45, 2.75) is 58.9 Å². The Bertz CT molecular complexity index is 1420. The summed E-state index contributed by atoms with van der Waals surface area (Å²) in [5, 5.41) is 15.7.